The van der Waals surface area contributed by atoms with Crippen LogP contribution in [-0.4, -0.2) is 21.5 Å². The van der Waals surface area contributed by atoms with E-state index in [-0.39, 0.29) is 10.6 Å². The number of fused-ring (bicyclic) bond motifs is 1. The summed E-state index contributed by atoms with van der Waals surface area (Å²) in [6.45, 7) is 0.526. The molecular weight excluding hydrogens is 268 g/mol. The minimum absolute atomic E-state index is 0.0828. The number of benzene rings is 2. The zero-order valence-electron chi connectivity index (χ0n) is 11.5. The Balaban J connectivity index is 2.06. The molecule has 2 aromatic carbocycles. The van der Waals surface area contributed by atoms with Crippen molar-refractivity contribution >= 4 is 22.4 Å². The number of para-hydroxylation sites is 3. The van der Waals surface area contributed by atoms with Crippen LogP contribution < -0.4 is 5.32 Å². The van der Waals surface area contributed by atoms with Gasteiger partial charge in [0.15, 0.2) is 0 Å². The fraction of sp³-hybridized carbons (Fsp3) is 0.133. The van der Waals surface area contributed by atoms with E-state index in [2.05, 4.69) is 10.3 Å². The third kappa shape index (κ3) is 2.31. The lowest BCUT2D eigenvalue weighted by atomic mass is 10.1. The van der Waals surface area contributed by atoms with Crippen LogP contribution in [0.25, 0.3) is 11.0 Å². The molecule has 0 bridgehead atoms. The van der Waals surface area contributed by atoms with Crippen molar-refractivity contribution in [2.75, 3.05) is 12.4 Å². The minimum Gasteiger partial charge on any atom is -0.382 e. The number of imidazole rings is 1. The molecule has 0 aliphatic heterocycles. The van der Waals surface area contributed by atoms with Crippen LogP contribution in [0.5, 0.6) is 0 Å². The third-order valence-electron chi connectivity index (χ3n) is 3.44. The van der Waals surface area contributed by atoms with Crippen LogP contribution in [0.1, 0.15) is 5.56 Å². The van der Waals surface area contributed by atoms with Gasteiger partial charge in [-0.05, 0) is 12.1 Å². The van der Waals surface area contributed by atoms with Crippen molar-refractivity contribution in [3.8, 4) is 0 Å². The van der Waals surface area contributed by atoms with Gasteiger partial charge in [-0.25, -0.2) is 4.98 Å². The van der Waals surface area contributed by atoms with E-state index >= 15 is 0 Å². The number of nitrogens with one attached hydrogen (secondary N) is 1. The van der Waals surface area contributed by atoms with Gasteiger partial charge >= 0.3 is 0 Å². The first kappa shape index (κ1) is 13.1. The lowest BCUT2D eigenvalue weighted by molar-refractivity contribution is -0.384. The second-order valence-corrected chi connectivity index (χ2v) is 4.68. The van der Waals surface area contributed by atoms with Crippen molar-refractivity contribution in [1.29, 1.82) is 0 Å². The molecule has 0 atom stereocenters. The zero-order valence-corrected chi connectivity index (χ0v) is 11.5. The molecule has 1 N–H and O–H groups in total. The number of nitro groups is 1. The Hall–Kier alpha value is -2.89. The summed E-state index contributed by atoms with van der Waals surface area (Å²) in [6, 6.07) is 12.9. The summed E-state index contributed by atoms with van der Waals surface area (Å²) in [5, 5.41) is 14.0. The van der Waals surface area contributed by atoms with Crippen molar-refractivity contribution in [3.63, 3.8) is 0 Å². The maximum Gasteiger partial charge on any atom is 0.292 e. The number of aromatic nitrogens is 2. The summed E-state index contributed by atoms with van der Waals surface area (Å²) < 4.78 is 1.98. The molecule has 106 valence electrons. The van der Waals surface area contributed by atoms with Gasteiger partial charge in [-0.1, -0.05) is 24.3 Å². The quantitative estimate of drug-likeness (QED) is 0.589. The number of hydrogen-bond donors (Lipinski definition) is 1. The average molecular weight is 282 g/mol. The average Bonchev–Trinajstić information content (AvgIpc) is 2.90. The van der Waals surface area contributed by atoms with Crippen LogP contribution in [0.2, 0.25) is 0 Å². The predicted molar refractivity (Wildman–Crippen MR) is 81.5 cm³/mol. The summed E-state index contributed by atoms with van der Waals surface area (Å²) >= 11 is 0. The van der Waals surface area contributed by atoms with Gasteiger partial charge in [0.25, 0.3) is 5.69 Å². The highest BCUT2D eigenvalue weighted by Gasteiger charge is 2.16. The smallest absolute Gasteiger partial charge is 0.292 e. The van der Waals surface area contributed by atoms with Crippen LogP contribution in [0, 0.1) is 10.1 Å². The van der Waals surface area contributed by atoms with Crippen molar-refractivity contribution in [2.24, 2.45) is 0 Å². The first-order valence-corrected chi connectivity index (χ1v) is 6.54. The van der Waals surface area contributed by atoms with Gasteiger partial charge in [0.2, 0.25) is 0 Å². The summed E-state index contributed by atoms with van der Waals surface area (Å²) in [5.74, 6) is 0. The van der Waals surface area contributed by atoms with Crippen molar-refractivity contribution in [2.45, 2.75) is 6.54 Å². The maximum atomic E-state index is 11.1. The molecule has 1 heterocycles. The van der Waals surface area contributed by atoms with E-state index in [9.17, 15) is 10.1 Å². The number of nitro benzene ring substituents is 1. The molecule has 0 fully saturated rings. The largest absolute Gasteiger partial charge is 0.382 e. The fourth-order valence-corrected chi connectivity index (χ4v) is 2.48. The van der Waals surface area contributed by atoms with Gasteiger partial charge in [0.1, 0.15) is 5.69 Å². The number of hydrogen-bond acceptors (Lipinski definition) is 4. The molecule has 0 radical (unpaired) electrons. The Bertz CT molecular complexity index is 810. The SMILES string of the molecule is CNc1c(Cn2cnc3ccccc32)cccc1[N+](=O)[O-]. The first-order valence-electron chi connectivity index (χ1n) is 6.54. The zero-order chi connectivity index (χ0) is 14.8. The van der Waals surface area contributed by atoms with E-state index in [1.807, 2.05) is 34.9 Å². The van der Waals surface area contributed by atoms with E-state index in [4.69, 9.17) is 0 Å². The number of anilines is 1. The van der Waals surface area contributed by atoms with Crippen LogP contribution in [0.3, 0.4) is 0 Å². The standard InChI is InChI=1S/C15H14N4O2/c1-16-15-11(5-4-8-14(15)19(20)21)9-18-10-17-12-6-2-3-7-13(12)18/h2-8,10,16H,9H2,1H3. The van der Waals surface area contributed by atoms with Crippen molar-refractivity contribution in [1.82, 2.24) is 9.55 Å². The Morgan fingerprint density at radius 2 is 2.05 bits per heavy atom. The molecule has 0 aliphatic carbocycles. The third-order valence-corrected chi connectivity index (χ3v) is 3.44. The Labute approximate surface area is 121 Å². The highest BCUT2D eigenvalue weighted by molar-refractivity contribution is 5.75. The van der Waals surface area contributed by atoms with Gasteiger partial charge in [0, 0.05) is 18.7 Å². The molecule has 0 saturated carbocycles. The molecule has 6 nitrogen and oxygen atoms in total. The van der Waals surface area contributed by atoms with Gasteiger partial charge in [0.05, 0.1) is 28.8 Å². The Kier molecular flexibility index (Phi) is 3.27. The molecular formula is C15H14N4O2. The van der Waals surface area contributed by atoms with Crippen LogP contribution in [0.15, 0.2) is 48.8 Å². The molecule has 3 aromatic rings. The molecule has 0 spiro atoms. The van der Waals surface area contributed by atoms with E-state index in [1.165, 1.54) is 6.07 Å². The van der Waals surface area contributed by atoms with Gasteiger partial charge in [-0.3, -0.25) is 10.1 Å². The van der Waals surface area contributed by atoms with Crippen LogP contribution in [0.4, 0.5) is 11.4 Å². The van der Waals surface area contributed by atoms with Gasteiger partial charge in [-0.15, -0.1) is 0 Å². The topological polar surface area (TPSA) is 73.0 Å². The molecule has 0 saturated heterocycles. The lowest BCUT2D eigenvalue weighted by Gasteiger charge is -2.10. The highest BCUT2D eigenvalue weighted by atomic mass is 16.6. The van der Waals surface area contributed by atoms with Gasteiger partial charge < -0.3 is 9.88 Å². The van der Waals surface area contributed by atoms with Crippen molar-refractivity contribution < 1.29 is 4.92 Å². The number of nitrogens with zero attached hydrogens (tertiary/aromatic N) is 3. The molecule has 0 amide bonds. The van der Waals surface area contributed by atoms with Crippen LogP contribution in [-0.2, 0) is 6.54 Å². The molecule has 1 aromatic heterocycles. The summed E-state index contributed by atoms with van der Waals surface area (Å²) in [6.07, 6.45) is 1.75. The van der Waals surface area contributed by atoms with Crippen molar-refractivity contribution in [3.05, 3.63) is 64.5 Å². The molecule has 0 aliphatic rings. The molecule has 3 rings (SSSR count). The van der Waals surface area contributed by atoms with E-state index in [0.717, 1.165) is 16.6 Å². The molecule has 21 heavy (non-hydrogen) atoms. The second kappa shape index (κ2) is 5.24. The van der Waals surface area contributed by atoms with E-state index < -0.39 is 0 Å². The molecule has 0 unspecified atom stereocenters. The molecule has 6 heteroatoms. The summed E-state index contributed by atoms with van der Waals surface area (Å²) in [4.78, 5) is 15.1. The van der Waals surface area contributed by atoms with Gasteiger partial charge in [-0.2, -0.15) is 0 Å². The minimum atomic E-state index is -0.374. The van der Waals surface area contributed by atoms with E-state index in [1.54, 1.807) is 19.4 Å². The first-order chi connectivity index (χ1) is 10.2. The Morgan fingerprint density at radius 3 is 2.81 bits per heavy atom. The lowest BCUT2D eigenvalue weighted by Crippen LogP contribution is -2.05. The predicted octanol–water partition coefficient (Wildman–Crippen LogP) is 3.03. The van der Waals surface area contributed by atoms with Crippen LogP contribution >= 0.6 is 0 Å². The summed E-state index contributed by atoms with van der Waals surface area (Å²) in [5.41, 5.74) is 3.40. The second-order valence-electron chi connectivity index (χ2n) is 4.68. The summed E-state index contributed by atoms with van der Waals surface area (Å²) in [7, 11) is 1.69. The maximum absolute atomic E-state index is 11.1. The Morgan fingerprint density at radius 1 is 1.24 bits per heavy atom. The fourth-order valence-electron chi connectivity index (χ4n) is 2.48. The number of rotatable bonds is 4. The monoisotopic (exact) mass is 282 g/mol. The highest BCUT2D eigenvalue weighted by Crippen LogP contribution is 2.29. The van der Waals surface area contributed by atoms with E-state index in [0.29, 0.717) is 12.2 Å². The normalized spacial score (nSPS) is 10.7.